The van der Waals surface area contributed by atoms with Crippen LogP contribution in [0.4, 0.5) is 5.69 Å². The lowest BCUT2D eigenvalue weighted by Gasteiger charge is -2.09. The second-order valence-electron chi connectivity index (χ2n) is 3.00. The molecule has 1 atom stereocenters. The third-order valence-electron chi connectivity index (χ3n) is 2.03. The molecule has 0 saturated heterocycles. The Balaban J connectivity index is 3.30. The molecule has 1 aromatic carbocycles. The average Bonchev–Trinajstić information content (AvgIpc) is 2.26. The number of rotatable bonds is 4. The van der Waals surface area contributed by atoms with Gasteiger partial charge in [0.1, 0.15) is 11.8 Å². The number of aliphatic carboxylic acids is 1. The fourth-order valence-electron chi connectivity index (χ4n) is 1.21. The smallest absolute Gasteiger partial charge is 0.325 e. The van der Waals surface area contributed by atoms with Crippen molar-refractivity contribution in [2.45, 2.75) is 6.04 Å². The van der Waals surface area contributed by atoms with Crippen molar-refractivity contribution in [3.8, 4) is 5.75 Å². The fraction of sp³-hybridized carbons (Fsp3) is 0.222. The quantitative estimate of drug-likeness (QED) is 0.576. The highest BCUT2D eigenvalue weighted by Crippen LogP contribution is 2.28. The molecule has 1 aromatic rings. The molecule has 0 aliphatic rings. The molecule has 0 saturated carbocycles. The number of methoxy groups -OCH3 is 1. The summed E-state index contributed by atoms with van der Waals surface area (Å²) < 4.78 is 4.85. The number of carbonyl (C=O) groups is 1. The van der Waals surface area contributed by atoms with Gasteiger partial charge in [0.25, 0.3) is 5.69 Å². The van der Waals surface area contributed by atoms with Gasteiger partial charge in [-0.2, -0.15) is 0 Å². The van der Waals surface area contributed by atoms with E-state index in [2.05, 4.69) is 0 Å². The minimum atomic E-state index is -1.45. The zero-order chi connectivity index (χ0) is 12.3. The van der Waals surface area contributed by atoms with Gasteiger partial charge in [0.2, 0.25) is 0 Å². The van der Waals surface area contributed by atoms with E-state index in [4.69, 9.17) is 15.6 Å². The third-order valence-corrected chi connectivity index (χ3v) is 2.03. The van der Waals surface area contributed by atoms with E-state index < -0.39 is 16.9 Å². The standard InChI is InChI=1S/C9H10N2O5/c1-16-5-2-3-7(11(14)15)6(4-5)8(10)9(12)13/h2-4,8H,10H2,1H3,(H,12,13). The van der Waals surface area contributed by atoms with Crippen molar-refractivity contribution in [1.29, 1.82) is 0 Å². The van der Waals surface area contributed by atoms with Crippen molar-refractivity contribution in [3.63, 3.8) is 0 Å². The Morgan fingerprint density at radius 3 is 2.69 bits per heavy atom. The van der Waals surface area contributed by atoms with Gasteiger partial charge in [-0.15, -0.1) is 0 Å². The van der Waals surface area contributed by atoms with E-state index in [-0.39, 0.29) is 11.3 Å². The molecule has 16 heavy (non-hydrogen) atoms. The summed E-state index contributed by atoms with van der Waals surface area (Å²) in [5, 5.41) is 19.4. The highest BCUT2D eigenvalue weighted by molar-refractivity contribution is 5.77. The molecule has 7 heteroatoms. The number of nitrogens with two attached hydrogens (primary N) is 1. The Morgan fingerprint density at radius 2 is 2.25 bits per heavy atom. The largest absolute Gasteiger partial charge is 0.497 e. The molecule has 3 N–H and O–H groups in total. The monoisotopic (exact) mass is 226 g/mol. The summed E-state index contributed by atoms with van der Waals surface area (Å²) in [6.07, 6.45) is 0. The molecule has 7 nitrogen and oxygen atoms in total. The van der Waals surface area contributed by atoms with E-state index in [0.29, 0.717) is 5.75 Å². The summed E-state index contributed by atoms with van der Waals surface area (Å²) in [5.74, 6) is -1.02. The van der Waals surface area contributed by atoms with Gasteiger partial charge in [0.15, 0.2) is 0 Å². The molecule has 0 fully saturated rings. The predicted molar refractivity (Wildman–Crippen MR) is 54.2 cm³/mol. The first-order valence-electron chi connectivity index (χ1n) is 4.28. The highest BCUT2D eigenvalue weighted by Gasteiger charge is 2.24. The number of benzene rings is 1. The van der Waals surface area contributed by atoms with Gasteiger partial charge < -0.3 is 15.6 Å². The van der Waals surface area contributed by atoms with Crippen LogP contribution < -0.4 is 10.5 Å². The zero-order valence-electron chi connectivity index (χ0n) is 8.41. The van der Waals surface area contributed by atoms with Crippen LogP contribution in [0.1, 0.15) is 11.6 Å². The Morgan fingerprint density at radius 1 is 1.62 bits per heavy atom. The van der Waals surface area contributed by atoms with E-state index in [1.54, 1.807) is 0 Å². The maximum atomic E-state index is 10.7. The van der Waals surface area contributed by atoms with Crippen molar-refractivity contribution < 1.29 is 19.6 Å². The first kappa shape index (κ1) is 11.9. The molecule has 86 valence electrons. The number of hydrogen-bond donors (Lipinski definition) is 2. The van der Waals surface area contributed by atoms with E-state index in [0.717, 1.165) is 6.07 Å². The molecule has 0 aliphatic carbocycles. The normalized spacial score (nSPS) is 11.9. The van der Waals surface area contributed by atoms with Crippen molar-refractivity contribution >= 4 is 11.7 Å². The number of nitro benzene ring substituents is 1. The molecule has 1 unspecified atom stereocenters. The number of nitro groups is 1. The summed E-state index contributed by atoms with van der Waals surface area (Å²) >= 11 is 0. The van der Waals surface area contributed by atoms with Crippen LogP contribution in [-0.4, -0.2) is 23.1 Å². The van der Waals surface area contributed by atoms with Crippen molar-refractivity contribution in [1.82, 2.24) is 0 Å². The summed E-state index contributed by atoms with van der Waals surface area (Å²) in [6, 6.07) is 2.33. The molecular weight excluding hydrogens is 216 g/mol. The van der Waals surface area contributed by atoms with Gasteiger partial charge in [0, 0.05) is 6.07 Å². The van der Waals surface area contributed by atoms with Gasteiger partial charge >= 0.3 is 5.97 Å². The number of carboxylic acid groups (broad SMARTS) is 1. The summed E-state index contributed by atoms with van der Waals surface area (Å²) in [4.78, 5) is 20.7. The molecule has 0 aromatic heterocycles. The predicted octanol–water partition coefficient (Wildman–Crippen LogP) is 0.688. The van der Waals surface area contributed by atoms with Crippen LogP contribution in [0.15, 0.2) is 18.2 Å². The summed E-state index contributed by atoms with van der Waals surface area (Å²) in [5.41, 5.74) is 4.92. The average molecular weight is 226 g/mol. The minimum absolute atomic E-state index is 0.0862. The lowest BCUT2D eigenvalue weighted by Crippen LogP contribution is -2.21. The van der Waals surface area contributed by atoms with Crippen LogP contribution >= 0.6 is 0 Å². The molecule has 1 rings (SSSR count). The van der Waals surface area contributed by atoms with Crippen LogP contribution in [0.5, 0.6) is 5.75 Å². The first-order chi connectivity index (χ1) is 7.47. The molecular formula is C9H10N2O5. The van der Waals surface area contributed by atoms with Crippen molar-refractivity contribution in [2.75, 3.05) is 7.11 Å². The number of ether oxygens (including phenoxy) is 1. The third kappa shape index (κ3) is 2.26. The minimum Gasteiger partial charge on any atom is -0.497 e. The molecule has 0 amide bonds. The van der Waals surface area contributed by atoms with Gasteiger partial charge in [-0.05, 0) is 12.1 Å². The lowest BCUT2D eigenvalue weighted by molar-refractivity contribution is -0.385. The topological polar surface area (TPSA) is 116 Å². The van der Waals surface area contributed by atoms with Crippen molar-refractivity contribution in [2.24, 2.45) is 5.73 Å². The van der Waals surface area contributed by atoms with Gasteiger partial charge in [-0.1, -0.05) is 0 Å². The van der Waals surface area contributed by atoms with E-state index in [9.17, 15) is 14.9 Å². The molecule has 0 radical (unpaired) electrons. The van der Waals surface area contributed by atoms with Gasteiger partial charge in [0.05, 0.1) is 17.6 Å². The van der Waals surface area contributed by atoms with Gasteiger partial charge in [-0.3, -0.25) is 14.9 Å². The second-order valence-corrected chi connectivity index (χ2v) is 3.00. The first-order valence-corrected chi connectivity index (χ1v) is 4.28. The fourth-order valence-corrected chi connectivity index (χ4v) is 1.21. The molecule has 0 aliphatic heterocycles. The maximum Gasteiger partial charge on any atom is 0.325 e. The summed E-state index contributed by atoms with van der Waals surface area (Å²) in [7, 11) is 1.37. The summed E-state index contributed by atoms with van der Waals surface area (Å²) in [6.45, 7) is 0. The maximum absolute atomic E-state index is 10.7. The second kappa shape index (κ2) is 4.58. The SMILES string of the molecule is COc1ccc([N+](=O)[O-])c(C(N)C(=O)O)c1. The van der Waals surface area contributed by atoms with E-state index in [1.165, 1.54) is 19.2 Å². The van der Waals surface area contributed by atoms with Crippen LogP contribution in [0.25, 0.3) is 0 Å². The van der Waals surface area contributed by atoms with Gasteiger partial charge in [-0.25, -0.2) is 0 Å². The van der Waals surface area contributed by atoms with Crippen LogP contribution in [0, 0.1) is 10.1 Å². The zero-order valence-corrected chi connectivity index (χ0v) is 8.41. The van der Waals surface area contributed by atoms with Crippen LogP contribution in [0.3, 0.4) is 0 Å². The Bertz CT molecular complexity index is 432. The molecule has 0 heterocycles. The van der Waals surface area contributed by atoms with Crippen LogP contribution in [0.2, 0.25) is 0 Å². The Labute approximate surface area is 90.6 Å². The number of nitrogens with zero attached hydrogens (tertiary/aromatic N) is 1. The Hall–Kier alpha value is -2.15. The van der Waals surface area contributed by atoms with Crippen molar-refractivity contribution in [3.05, 3.63) is 33.9 Å². The highest BCUT2D eigenvalue weighted by atomic mass is 16.6. The van der Waals surface area contributed by atoms with Crippen LogP contribution in [-0.2, 0) is 4.79 Å². The molecule has 0 bridgehead atoms. The lowest BCUT2D eigenvalue weighted by atomic mass is 10.1. The number of hydrogen-bond acceptors (Lipinski definition) is 5. The Kier molecular flexibility index (Phi) is 3.41. The van der Waals surface area contributed by atoms with E-state index >= 15 is 0 Å². The molecule has 0 spiro atoms. The number of carboxylic acids is 1. The van der Waals surface area contributed by atoms with E-state index in [1.807, 2.05) is 0 Å².